The Kier molecular flexibility index (Phi) is 4.99. The molecule has 0 spiro atoms. The fourth-order valence-corrected chi connectivity index (χ4v) is 0.670. The summed E-state index contributed by atoms with van der Waals surface area (Å²) in [6.45, 7) is 4.27. The molecule has 0 saturated heterocycles. The Morgan fingerprint density at radius 3 is 2.60 bits per heavy atom. The summed E-state index contributed by atoms with van der Waals surface area (Å²) in [6.07, 6.45) is 2.64. The van der Waals surface area contributed by atoms with Crippen molar-refractivity contribution in [2.24, 2.45) is 5.92 Å². The van der Waals surface area contributed by atoms with Crippen LogP contribution in [0.2, 0.25) is 0 Å². The smallest absolute Gasteiger partial charge is 0.305 e. The van der Waals surface area contributed by atoms with Crippen LogP contribution in [0.4, 0.5) is 0 Å². The first kappa shape index (κ1) is 9.47. The second-order valence-electron chi connectivity index (χ2n) is 2.63. The molecule has 60 valence electrons. The van der Waals surface area contributed by atoms with Crippen LogP contribution in [0.25, 0.3) is 0 Å². The van der Waals surface area contributed by atoms with Crippen LogP contribution in [0, 0.1) is 5.92 Å². The second-order valence-corrected chi connectivity index (χ2v) is 2.63. The number of rotatable bonds is 4. The minimum Gasteiger partial charge on any atom is -0.469 e. The molecule has 0 aliphatic carbocycles. The van der Waals surface area contributed by atoms with E-state index >= 15 is 0 Å². The zero-order chi connectivity index (χ0) is 7.98. The molecule has 0 amide bonds. The van der Waals surface area contributed by atoms with E-state index in [1.165, 1.54) is 7.11 Å². The highest BCUT2D eigenvalue weighted by atomic mass is 16.5. The van der Waals surface area contributed by atoms with Gasteiger partial charge in [-0.05, 0) is 12.3 Å². The molecule has 0 aromatic rings. The molecule has 0 heterocycles. The quantitative estimate of drug-likeness (QED) is 0.564. The van der Waals surface area contributed by atoms with E-state index in [4.69, 9.17) is 0 Å². The highest BCUT2D eigenvalue weighted by molar-refractivity contribution is 5.69. The standard InChI is InChI=1S/C8H16O2/c1-4-7(2)5-6-8(9)10-3/h7H,4-6H2,1-3H3/t7-/m0/s1. The molecule has 1 atom stereocenters. The van der Waals surface area contributed by atoms with Gasteiger partial charge in [-0.3, -0.25) is 4.79 Å². The Hall–Kier alpha value is -0.530. The van der Waals surface area contributed by atoms with E-state index in [2.05, 4.69) is 18.6 Å². The van der Waals surface area contributed by atoms with Crippen molar-refractivity contribution in [1.29, 1.82) is 0 Å². The van der Waals surface area contributed by atoms with Crippen molar-refractivity contribution in [3.63, 3.8) is 0 Å². The normalized spacial score (nSPS) is 12.7. The van der Waals surface area contributed by atoms with Gasteiger partial charge in [0.15, 0.2) is 0 Å². The first-order chi connectivity index (χ1) is 4.70. The molecular weight excluding hydrogens is 128 g/mol. The summed E-state index contributed by atoms with van der Waals surface area (Å²) in [7, 11) is 1.43. The highest BCUT2D eigenvalue weighted by Gasteiger charge is 2.03. The Labute approximate surface area is 62.6 Å². The number of esters is 1. The maximum atomic E-state index is 10.6. The van der Waals surface area contributed by atoms with Crippen LogP contribution in [0.3, 0.4) is 0 Å². The topological polar surface area (TPSA) is 26.3 Å². The molecule has 0 rings (SSSR count). The number of hydrogen-bond acceptors (Lipinski definition) is 2. The van der Waals surface area contributed by atoms with E-state index < -0.39 is 0 Å². The first-order valence-corrected chi connectivity index (χ1v) is 3.77. The van der Waals surface area contributed by atoms with Crippen molar-refractivity contribution >= 4 is 5.97 Å². The van der Waals surface area contributed by atoms with E-state index in [-0.39, 0.29) is 5.97 Å². The maximum Gasteiger partial charge on any atom is 0.305 e. The molecule has 2 heteroatoms. The van der Waals surface area contributed by atoms with Crippen LogP contribution in [-0.2, 0) is 9.53 Å². The van der Waals surface area contributed by atoms with Crippen molar-refractivity contribution in [3.05, 3.63) is 0 Å². The van der Waals surface area contributed by atoms with Gasteiger partial charge < -0.3 is 4.74 Å². The summed E-state index contributed by atoms with van der Waals surface area (Å²) in [5, 5.41) is 0. The summed E-state index contributed by atoms with van der Waals surface area (Å²) < 4.78 is 4.51. The van der Waals surface area contributed by atoms with Crippen LogP contribution in [0.15, 0.2) is 0 Å². The van der Waals surface area contributed by atoms with Gasteiger partial charge >= 0.3 is 5.97 Å². The SMILES string of the molecule is CC[C@H](C)CCC(=O)OC. The second kappa shape index (κ2) is 5.27. The number of hydrogen-bond donors (Lipinski definition) is 0. The third kappa shape index (κ3) is 4.36. The summed E-state index contributed by atoms with van der Waals surface area (Å²) in [4.78, 5) is 10.6. The molecule has 0 aliphatic rings. The molecule has 0 fully saturated rings. The average Bonchev–Trinajstić information content (AvgIpc) is 1.99. The van der Waals surface area contributed by atoms with E-state index in [1.807, 2.05) is 0 Å². The minimum absolute atomic E-state index is 0.0969. The predicted molar refractivity (Wildman–Crippen MR) is 40.7 cm³/mol. The van der Waals surface area contributed by atoms with E-state index in [0.717, 1.165) is 12.8 Å². The molecule has 0 unspecified atom stereocenters. The third-order valence-electron chi connectivity index (χ3n) is 1.77. The average molecular weight is 144 g/mol. The van der Waals surface area contributed by atoms with Gasteiger partial charge in [0.1, 0.15) is 0 Å². The number of ether oxygens (including phenoxy) is 1. The molecule has 0 N–H and O–H groups in total. The summed E-state index contributed by atoms with van der Waals surface area (Å²) in [5.41, 5.74) is 0. The summed E-state index contributed by atoms with van der Waals surface area (Å²) in [5.74, 6) is 0.541. The molecule has 0 saturated carbocycles. The van der Waals surface area contributed by atoms with E-state index in [9.17, 15) is 4.79 Å². The van der Waals surface area contributed by atoms with Gasteiger partial charge in [-0.25, -0.2) is 0 Å². The Morgan fingerprint density at radius 1 is 1.60 bits per heavy atom. The molecule has 0 aromatic carbocycles. The van der Waals surface area contributed by atoms with Crippen LogP contribution in [0.5, 0.6) is 0 Å². The molecule has 0 radical (unpaired) electrons. The molecule has 0 bridgehead atoms. The van der Waals surface area contributed by atoms with Gasteiger partial charge in [0, 0.05) is 6.42 Å². The fraction of sp³-hybridized carbons (Fsp3) is 0.875. The van der Waals surface area contributed by atoms with Gasteiger partial charge in [-0.15, -0.1) is 0 Å². The third-order valence-corrected chi connectivity index (χ3v) is 1.77. The van der Waals surface area contributed by atoms with E-state index in [1.54, 1.807) is 0 Å². The zero-order valence-corrected chi connectivity index (χ0v) is 7.02. The van der Waals surface area contributed by atoms with Crippen molar-refractivity contribution in [3.8, 4) is 0 Å². The maximum absolute atomic E-state index is 10.6. The molecular formula is C8H16O2. The Bertz CT molecular complexity index is 99.4. The van der Waals surface area contributed by atoms with Crippen LogP contribution >= 0.6 is 0 Å². The van der Waals surface area contributed by atoms with Crippen molar-refractivity contribution in [2.45, 2.75) is 33.1 Å². The molecule has 2 nitrogen and oxygen atoms in total. The first-order valence-electron chi connectivity index (χ1n) is 3.77. The van der Waals surface area contributed by atoms with E-state index in [0.29, 0.717) is 12.3 Å². The fourth-order valence-electron chi connectivity index (χ4n) is 0.670. The van der Waals surface area contributed by atoms with Crippen LogP contribution in [-0.4, -0.2) is 13.1 Å². The highest BCUT2D eigenvalue weighted by Crippen LogP contribution is 2.09. The van der Waals surface area contributed by atoms with Crippen molar-refractivity contribution < 1.29 is 9.53 Å². The van der Waals surface area contributed by atoms with Crippen molar-refractivity contribution in [1.82, 2.24) is 0 Å². The molecule has 10 heavy (non-hydrogen) atoms. The number of methoxy groups -OCH3 is 1. The van der Waals surface area contributed by atoms with Gasteiger partial charge in [0.2, 0.25) is 0 Å². The lowest BCUT2D eigenvalue weighted by molar-refractivity contribution is -0.140. The Balaban J connectivity index is 3.26. The van der Waals surface area contributed by atoms with Crippen molar-refractivity contribution in [2.75, 3.05) is 7.11 Å². The number of carbonyl (C=O) groups is 1. The molecule has 0 aromatic heterocycles. The largest absolute Gasteiger partial charge is 0.469 e. The lowest BCUT2D eigenvalue weighted by Crippen LogP contribution is -2.02. The molecule has 0 aliphatic heterocycles. The van der Waals surface area contributed by atoms with Gasteiger partial charge in [0.25, 0.3) is 0 Å². The summed E-state index contributed by atoms with van der Waals surface area (Å²) in [6, 6.07) is 0. The monoisotopic (exact) mass is 144 g/mol. The summed E-state index contributed by atoms with van der Waals surface area (Å²) >= 11 is 0. The van der Waals surface area contributed by atoms with Crippen LogP contribution < -0.4 is 0 Å². The number of carbonyl (C=O) groups excluding carboxylic acids is 1. The van der Waals surface area contributed by atoms with Gasteiger partial charge in [0.05, 0.1) is 7.11 Å². The predicted octanol–water partition coefficient (Wildman–Crippen LogP) is 1.99. The lowest BCUT2D eigenvalue weighted by atomic mass is 10.0. The van der Waals surface area contributed by atoms with Crippen LogP contribution in [0.1, 0.15) is 33.1 Å². The zero-order valence-electron chi connectivity index (χ0n) is 7.02. The van der Waals surface area contributed by atoms with Gasteiger partial charge in [-0.1, -0.05) is 20.3 Å². The minimum atomic E-state index is -0.0969. The lowest BCUT2D eigenvalue weighted by Gasteiger charge is -2.05. The van der Waals surface area contributed by atoms with Gasteiger partial charge in [-0.2, -0.15) is 0 Å². The Morgan fingerprint density at radius 2 is 2.20 bits per heavy atom.